The highest BCUT2D eigenvalue weighted by atomic mass is 35.6. The fraction of sp³-hybridized carbons (Fsp3) is 0.227. The molecular formula is C22H20Cl3N5OS. The van der Waals surface area contributed by atoms with Crippen molar-refractivity contribution in [1.29, 1.82) is 5.26 Å². The Morgan fingerprint density at radius 2 is 1.88 bits per heavy atom. The molecule has 0 aliphatic carbocycles. The maximum Gasteiger partial charge on any atom is 0.245 e. The summed E-state index contributed by atoms with van der Waals surface area (Å²) in [6.07, 6.45) is 2.68. The molecule has 1 atom stereocenters. The van der Waals surface area contributed by atoms with Crippen molar-refractivity contribution in [3.05, 3.63) is 65.7 Å². The molecule has 1 amide bonds. The lowest BCUT2D eigenvalue weighted by atomic mass is 10.1. The van der Waals surface area contributed by atoms with E-state index in [1.54, 1.807) is 41.3 Å². The third-order valence-electron chi connectivity index (χ3n) is 4.85. The summed E-state index contributed by atoms with van der Waals surface area (Å²) in [5.41, 5.74) is 8.75. The van der Waals surface area contributed by atoms with Gasteiger partial charge >= 0.3 is 0 Å². The number of hydrogen-bond acceptors (Lipinski definition) is 4. The number of alkyl halides is 3. The number of para-hydroxylation sites is 2. The van der Waals surface area contributed by atoms with E-state index < -0.39 is 15.9 Å². The Balaban J connectivity index is 1.77. The molecule has 0 bridgehead atoms. The van der Waals surface area contributed by atoms with Gasteiger partial charge in [-0.1, -0.05) is 59.1 Å². The summed E-state index contributed by atoms with van der Waals surface area (Å²) in [6.45, 7) is 1.16. The maximum atomic E-state index is 12.6. The van der Waals surface area contributed by atoms with Crippen molar-refractivity contribution in [1.82, 2.24) is 10.2 Å². The van der Waals surface area contributed by atoms with E-state index in [0.717, 1.165) is 17.7 Å². The zero-order valence-corrected chi connectivity index (χ0v) is 19.9. The molecule has 0 spiro atoms. The fourth-order valence-corrected chi connectivity index (χ4v) is 4.21. The van der Waals surface area contributed by atoms with Crippen molar-refractivity contribution in [3.8, 4) is 6.07 Å². The molecule has 166 valence electrons. The first-order valence-corrected chi connectivity index (χ1v) is 11.2. The van der Waals surface area contributed by atoms with E-state index in [0.29, 0.717) is 29.5 Å². The molecule has 0 saturated carbocycles. The molecule has 1 unspecified atom stereocenters. The van der Waals surface area contributed by atoms with E-state index in [9.17, 15) is 4.79 Å². The molecule has 1 aliphatic heterocycles. The number of halogens is 3. The lowest BCUT2D eigenvalue weighted by Crippen LogP contribution is -2.62. The van der Waals surface area contributed by atoms with Gasteiger partial charge in [-0.05, 0) is 54.5 Å². The lowest BCUT2D eigenvalue weighted by Gasteiger charge is -2.44. The number of rotatable bonds is 5. The van der Waals surface area contributed by atoms with E-state index >= 15 is 0 Å². The maximum absolute atomic E-state index is 12.6. The van der Waals surface area contributed by atoms with Gasteiger partial charge in [-0.3, -0.25) is 4.79 Å². The number of nitrogens with zero attached hydrogens (tertiary/aromatic N) is 3. The van der Waals surface area contributed by atoms with Crippen molar-refractivity contribution in [2.24, 2.45) is 0 Å². The smallest absolute Gasteiger partial charge is 0.245 e. The first-order valence-electron chi connectivity index (χ1n) is 9.69. The van der Waals surface area contributed by atoms with E-state index in [1.165, 1.54) is 6.08 Å². The zero-order chi connectivity index (χ0) is 23.3. The van der Waals surface area contributed by atoms with Crippen LogP contribution in [0.3, 0.4) is 0 Å². The average molecular weight is 509 g/mol. The summed E-state index contributed by atoms with van der Waals surface area (Å²) in [5, 5.41) is 12.0. The van der Waals surface area contributed by atoms with Gasteiger partial charge in [-0.15, -0.1) is 0 Å². The number of benzene rings is 2. The normalized spacial score (nSPS) is 15.5. The number of hydrogen-bond donors (Lipinski definition) is 2. The average Bonchev–Trinajstić information content (AvgIpc) is 2.77. The van der Waals surface area contributed by atoms with Crippen LogP contribution < -0.4 is 16.0 Å². The number of anilines is 2. The molecule has 1 fully saturated rings. The highest BCUT2D eigenvalue weighted by Crippen LogP contribution is 2.35. The Bertz CT molecular complexity index is 1060. The van der Waals surface area contributed by atoms with Gasteiger partial charge in [0.25, 0.3) is 0 Å². The van der Waals surface area contributed by atoms with Crippen LogP contribution in [0, 0.1) is 11.3 Å². The quantitative estimate of drug-likeness (QED) is 0.268. The predicted molar refractivity (Wildman–Crippen MR) is 135 cm³/mol. The molecule has 0 aromatic heterocycles. The summed E-state index contributed by atoms with van der Waals surface area (Å²) in [6, 6.07) is 16.2. The number of carbonyl (C=O) groups is 1. The summed E-state index contributed by atoms with van der Waals surface area (Å²) in [4.78, 5) is 16.2. The minimum absolute atomic E-state index is 0.404. The minimum atomic E-state index is -1.84. The van der Waals surface area contributed by atoms with Crippen LogP contribution in [0.5, 0.6) is 0 Å². The van der Waals surface area contributed by atoms with E-state index in [1.807, 2.05) is 29.2 Å². The van der Waals surface area contributed by atoms with Crippen LogP contribution in [0.2, 0.25) is 0 Å². The van der Waals surface area contributed by atoms with Crippen LogP contribution in [-0.2, 0) is 4.79 Å². The molecule has 2 aromatic rings. The molecule has 32 heavy (non-hydrogen) atoms. The number of carbonyl (C=O) groups excluding carboxylic acids is 1. The number of nitrogens with two attached hydrogens (primary N) is 1. The number of amides is 1. The Hall–Kier alpha value is -2.50. The molecule has 3 N–H and O–H groups in total. The summed E-state index contributed by atoms with van der Waals surface area (Å²) in [5.74, 6) is -0.454. The number of nitriles is 1. The molecule has 1 heterocycles. The molecule has 10 heteroatoms. The van der Waals surface area contributed by atoms with Gasteiger partial charge in [0.2, 0.25) is 9.70 Å². The summed E-state index contributed by atoms with van der Waals surface area (Å²) in [7, 11) is 0. The topological polar surface area (TPSA) is 85.4 Å². The highest BCUT2D eigenvalue weighted by Gasteiger charge is 2.42. The van der Waals surface area contributed by atoms with Gasteiger partial charge in [-0.25, -0.2) is 0 Å². The standard InChI is InChI=1S/C22H20Cl3N5OS/c23-22(24,25)20(28-19(31)11-10-15-6-8-16(14-26)9-7-15)30-13-3-12-29(21(30)32)18-5-2-1-4-17(18)27/h1-2,4-11,20H,3,12-13,27H2,(H,28,31)/b11-10+. The van der Waals surface area contributed by atoms with Crippen molar-refractivity contribution < 1.29 is 4.79 Å². The van der Waals surface area contributed by atoms with Gasteiger partial charge in [0.1, 0.15) is 0 Å². The van der Waals surface area contributed by atoms with Crippen molar-refractivity contribution in [2.45, 2.75) is 16.4 Å². The molecule has 2 aromatic carbocycles. The second-order valence-corrected chi connectivity index (χ2v) is 9.79. The first kappa shape index (κ1) is 24.1. The Kier molecular flexibility index (Phi) is 7.86. The molecule has 3 rings (SSSR count). The van der Waals surface area contributed by atoms with Crippen LogP contribution in [0.4, 0.5) is 11.4 Å². The van der Waals surface area contributed by atoms with Crippen LogP contribution in [-0.4, -0.2) is 39.0 Å². The SMILES string of the molecule is N#Cc1ccc(/C=C/C(=O)NC(N2CCCN(c3ccccc3N)C2=S)C(Cl)(Cl)Cl)cc1. The summed E-state index contributed by atoms with van der Waals surface area (Å²) >= 11 is 24.4. The van der Waals surface area contributed by atoms with Gasteiger partial charge in [-0.2, -0.15) is 5.26 Å². The zero-order valence-electron chi connectivity index (χ0n) is 16.8. The second-order valence-electron chi connectivity index (χ2n) is 7.06. The third kappa shape index (κ3) is 5.84. The van der Waals surface area contributed by atoms with Crippen LogP contribution in [0.25, 0.3) is 6.08 Å². The van der Waals surface area contributed by atoms with Crippen molar-refractivity contribution in [3.63, 3.8) is 0 Å². The highest BCUT2D eigenvalue weighted by molar-refractivity contribution is 7.80. The van der Waals surface area contributed by atoms with Crippen LogP contribution in [0.15, 0.2) is 54.6 Å². The van der Waals surface area contributed by atoms with Gasteiger partial charge in [0.05, 0.1) is 23.0 Å². The Morgan fingerprint density at radius 3 is 2.50 bits per heavy atom. The van der Waals surface area contributed by atoms with Gasteiger partial charge in [0.15, 0.2) is 11.3 Å². The van der Waals surface area contributed by atoms with E-state index in [4.69, 9.17) is 58.0 Å². The lowest BCUT2D eigenvalue weighted by molar-refractivity contribution is -0.117. The van der Waals surface area contributed by atoms with Crippen LogP contribution >= 0.6 is 47.0 Å². The van der Waals surface area contributed by atoms with E-state index in [2.05, 4.69) is 5.32 Å². The fourth-order valence-electron chi connectivity index (χ4n) is 3.30. The number of thiocarbonyl (C=S) groups is 1. The summed E-state index contributed by atoms with van der Waals surface area (Å²) < 4.78 is -1.84. The van der Waals surface area contributed by atoms with Gasteiger partial charge < -0.3 is 20.9 Å². The predicted octanol–water partition coefficient (Wildman–Crippen LogP) is 4.46. The Labute approximate surface area is 207 Å². The molecule has 1 saturated heterocycles. The second kappa shape index (κ2) is 10.4. The molecule has 1 aliphatic rings. The van der Waals surface area contributed by atoms with E-state index in [-0.39, 0.29) is 0 Å². The van der Waals surface area contributed by atoms with Gasteiger partial charge in [0, 0.05) is 19.2 Å². The molecule has 0 radical (unpaired) electrons. The van der Waals surface area contributed by atoms with Crippen molar-refractivity contribution >= 4 is 75.5 Å². The molecular weight excluding hydrogens is 489 g/mol. The van der Waals surface area contributed by atoms with Crippen molar-refractivity contribution in [2.75, 3.05) is 23.7 Å². The molecule has 6 nitrogen and oxygen atoms in total. The van der Waals surface area contributed by atoms with Crippen LogP contribution in [0.1, 0.15) is 17.5 Å². The largest absolute Gasteiger partial charge is 0.397 e. The first-order chi connectivity index (χ1) is 15.2. The minimum Gasteiger partial charge on any atom is -0.397 e. The Morgan fingerprint density at radius 1 is 1.19 bits per heavy atom. The number of nitrogen functional groups attached to an aromatic ring is 1. The third-order valence-corrected chi connectivity index (χ3v) is 5.93. The monoisotopic (exact) mass is 507 g/mol. The number of nitrogens with one attached hydrogen (secondary N) is 1.